The zero-order valence-electron chi connectivity index (χ0n) is 12.0. The highest BCUT2D eigenvalue weighted by Gasteiger charge is 2.44. The number of carbonyl (C=O) groups is 2. The van der Waals surface area contributed by atoms with Gasteiger partial charge >= 0.3 is 0 Å². The molecule has 2 aliphatic rings. The number of nitrogens with one attached hydrogen (secondary N) is 2. The van der Waals surface area contributed by atoms with Gasteiger partial charge in [0.2, 0.25) is 11.8 Å². The molecule has 0 bridgehead atoms. The monoisotopic (exact) mass is 267 g/mol. The van der Waals surface area contributed by atoms with Gasteiger partial charge in [0.15, 0.2) is 0 Å². The topological polar surface area (TPSA) is 61.4 Å². The summed E-state index contributed by atoms with van der Waals surface area (Å²) < 4.78 is 0. The summed E-state index contributed by atoms with van der Waals surface area (Å²) in [7, 11) is 0. The Kier molecular flexibility index (Phi) is 4.45. The van der Waals surface area contributed by atoms with E-state index in [0.29, 0.717) is 6.54 Å². The van der Waals surface area contributed by atoms with Crippen LogP contribution in [0.15, 0.2) is 0 Å². The fraction of sp³-hybridized carbons (Fsp3) is 0.857. The van der Waals surface area contributed by atoms with Crippen molar-refractivity contribution in [2.45, 2.75) is 57.5 Å². The van der Waals surface area contributed by atoms with E-state index in [-0.39, 0.29) is 23.4 Å². The molecule has 0 aliphatic carbocycles. The average Bonchev–Trinajstić information content (AvgIpc) is 2.98. The molecular weight excluding hydrogens is 242 g/mol. The molecule has 5 nitrogen and oxygen atoms in total. The van der Waals surface area contributed by atoms with Crippen molar-refractivity contribution in [1.29, 1.82) is 0 Å². The largest absolute Gasteiger partial charge is 0.352 e. The van der Waals surface area contributed by atoms with E-state index in [1.54, 1.807) is 0 Å². The normalized spacial score (nSPS) is 30.6. The first kappa shape index (κ1) is 14.3. The van der Waals surface area contributed by atoms with Crippen LogP contribution in [0.3, 0.4) is 0 Å². The van der Waals surface area contributed by atoms with Crippen LogP contribution >= 0.6 is 0 Å². The summed E-state index contributed by atoms with van der Waals surface area (Å²) in [6, 6.07) is 0.126. The molecule has 0 spiro atoms. The average molecular weight is 267 g/mol. The minimum absolute atomic E-state index is 0.0124. The van der Waals surface area contributed by atoms with Crippen molar-refractivity contribution >= 4 is 11.8 Å². The highest BCUT2D eigenvalue weighted by atomic mass is 16.2. The van der Waals surface area contributed by atoms with Gasteiger partial charge in [-0.25, -0.2) is 0 Å². The molecule has 108 valence electrons. The summed E-state index contributed by atoms with van der Waals surface area (Å²) in [5.74, 6) is 0.223. The molecule has 0 saturated carbocycles. The second-order valence-electron chi connectivity index (χ2n) is 5.80. The van der Waals surface area contributed by atoms with Crippen molar-refractivity contribution in [2.24, 2.45) is 0 Å². The molecule has 2 fully saturated rings. The molecule has 0 aromatic heterocycles. The van der Waals surface area contributed by atoms with Crippen molar-refractivity contribution in [3.8, 4) is 0 Å². The van der Waals surface area contributed by atoms with Crippen LogP contribution in [0.1, 0.15) is 46.0 Å². The molecule has 0 radical (unpaired) electrons. The summed E-state index contributed by atoms with van der Waals surface area (Å²) >= 11 is 0. The highest BCUT2D eigenvalue weighted by molar-refractivity contribution is 5.87. The van der Waals surface area contributed by atoms with Crippen LogP contribution in [0.5, 0.6) is 0 Å². The fourth-order valence-corrected chi connectivity index (χ4v) is 3.39. The number of carbonyl (C=O) groups excluding carboxylic acids is 2. The molecule has 0 aromatic carbocycles. The van der Waals surface area contributed by atoms with E-state index in [4.69, 9.17) is 0 Å². The van der Waals surface area contributed by atoms with Gasteiger partial charge in [-0.2, -0.15) is 0 Å². The van der Waals surface area contributed by atoms with Crippen LogP contribution in [0.2, 0.25) is 0 Å². The smallest absolute Gasteiger partial charge is 0.242 e. The second-order valence-corrected chi connectivity index (χ2v) is 5.80. The predicted octanol–water partition coefficient (Wildman–Crippen LogP) is 0.646. The third kappa shape index (κ3) is 3.08. The summed E-state index contributed by atoms with van der Waals surface area (Å²) in [5, 5.41) is 6.33. The minimum atomic E-state index is -0.333. The van der Waals surface area contributed by atoms with E-state index in [1.807, 2.05) is 4.90 Å². The summed E-state index contributed by atoms with van der Waals surface area (Å²) in [6.45, 7) is 6.01. The standard InChI is InChI=1S/C14H25N3O2/c1-3-6-14(7-4-8-15-14)13(19)17-9-5-12(10-17)16-11(2)18/h12,15H,3-10H2,1-2H3,(H,16,18). The molecule has 2 heterocycles. The fourth-order valence-electron chi connectivity index (χ4n) is 3.39. The molecule has 2 atom stereocenters. The Hall–Kier alpha value is -1.10. The maximum atomic E-state index is 12.7. The van der Waals surface area contributed by atoms with Gasteiger partial charge in [0.25, 0.3) is 0 Å². The van der Waals surface area contributed by atoms with E-state index in [9.17, 15) is 9.59 Å². The van der Waals surface area contributed by atoms with Crippen molar-refractivity contribution in [3.05, 3.63) is 0 Å². The van der Waals surface area contributed by atoms with Crippen molar-refractivity contribution in [1.82, 2.24) is 15.5 Å². The Morgan fingerprint density at radius 2 is 2.26 bits per heavy atom. The van der Waals surface area contributed by atoms with Crippen molar-refractivity contribution in [3.63, 3.8) is 0 Å². The van der Waals surface area contributed by atoms with Crippen LogP contribution in [-0.2, 0) is 9.59 Å². The summed E-state index contributed by atoms with van der Waals surface area (Å²) in [6.07, 6.45) is 4.82. The van der Waals surface area contributed by atoms with Gasteiger partial charge < -0.3 is 15.5 Å². The van der Waals surface area contributed by atoms with E-state index < -0.39 is 0 Å². The lowest BCUT2D eigenvalue weighted by atomic mass is 9.90. The number of hydrogen-bond acceptors (Lipinski definition) is 3. The molecule has 5 heteroatoms. The molecule has 2 aliphatic heterocycles. The predicted molar refractivity (Wildman–Crippen MR) is 73.7 cm³/mol. The first-order valence-electron chi connectivity index (χ1n) is 7.39. The summed E-state index contributed by atoms with van der Waals surface area (Å²) in [5.41, 5.74) is -0.333. The number of nitrogens with zero attached hydrogens (tertiary/aromatic N) is 1. The van der Waals surface area contributed by atoms with Crippen LogP contribution in [-0.4, -0.2) is 47.9 Å². The van der Waals surface area contributed by atoms with E-state index in [1.165, 1.54) is 6.92 Å². The molecule has 2 rings (SSSR count). The number of hydrogen-bond donors (Lipinski definition) is 2. The van der Waals surface area contributed by atoms with E-state index in [0.717, 1.165) is 45.2 Å². The van der Waals surface area contributed by atoms with Crippen LogP contribution < -0.4 is 10.6 Å². The molecule has 2 unspecified atom stereocenters. The molecule has 19 heavy (non-hydrogen) atoms. The van der Waals surface area contributed by atoms with Crippen molar-refractivity contribution in [2.75, 3.05) is 19.6 Å². The van der Waals surface area contributed by atoms with Crippen LogP contribution in [0, 0.1) is 0 Å². The van der Waals surface area contributed by atoms with E-state index in [2.05, 4.69) is 17.6 Å². The minimum Gasteiger partial charge on any atom is -0.352 e. The highest BCUT2D eigenvalue weighted by Crippen LogP contribution is 2.28. The molecule has 2 saturated heterocycles. The van der Waals surface area contributed by atoms with Gasteiger partial charge in [0.05, 0.1) is 5.54 Å². The maximum Gasteiger partial charge on any atom is 0.242 e. The molecule has 2 amide bonds. The first-order chi connectivity index (χ1) is 9.07. The summed E-state index contributed by atoms with van der Waals surface area (Å²) in [4.78, 5) is 25.7. The molecular formula is C14H25N3O2. The van der Waals surface area contributed by atoms with Gasteiger partial charge in [0, 0.05) is 26.1 Å². The number of rotatable bonds is 4. The zero-order chi connectivity index (χ0) is 13.9. The maximum absolute atomic E-state index is 12.7. The number of amides is 2. The Bertz CT molecular complexity index is 351. The SMILES string of the molecule is CCCC1(C(=O)N2CCC(NC(C)=O)C2)CCCN1. The first-order valence-corrected chi connectivity index (χ1v) is 7.39. The van der Waals surface area contributed by atoms with Gasteiger partial charge in [0.1, 0.15) is 0 Å². The Labute approximate surface area is 115 Å². The molecule has 0 aromatic rings. The second kappa shape index (κ2) is 5.90. The zero-order valence-corrected chi connectivity index (χ0v) is 12.0. The molecule has 2 N–H and O–H groups in total. The third-order valence-electron chi connectivity index (χ3n) is 4.21. The number of likely N-dealkylation sites (tertiary alicyclic amines) is 1. The Morgan fingerprint density at radius 1 is 1.47 bits per heavy atom. The van der Waals surface area contributed by atoms with Gasteiger partial charge in [-0.1, -0.05) is 13.3 Å². The van der Waals surface area contributed by atoms with Crippen LogP contribution in [0.25, 0.3) is 0 Å². The Balaban J connectivity index is 1.97. The third-order valence-corrected chi connectivity index (χ3v) is 4.21. The van der Waals surface area contributed by atoms with Gasteiger partial charge in [-0.3, -0.25) is 9.59 Å². The van der Waals surface area contributed by atoms with Gasteiger partial charge in [-0.05, 0) is 32.2 Å². The van der Waals surface area contributed by atoms with Gasteiger partial charge in [-0.15, -0.1) is 0 Å². The lowest BCUT2D eigenvalue weighted by molar-refractivity contribution is -0.137. The van der Waals surface area contributed by atoms with Crippen molar-refractivity contribution < 1.29 is 9.59 Å². The van der Waals surface area contributed by atoms with E-state index >= 15 is 0 Å². The Morgan fingerprint density at radius 3 is 2.84 bits per heavy atom. The lowest BCUT2D eigenvalue weighted by Crippen LogP contribution is -2.54. The lowest BCUT2D eigenvalue weighted by Gasteiger charge is -2.32. The van der Waals surface area contributed by atoms with Crippen LogP contribution in [0.4, 0.5) is 0 Å². The quantitative estimate of drug-likeness (QED) is 0.786.